The largest absolute Gasteiger partial charge is 0.375 e. The van der Waals surface area contributed by atoms with Gasteiger partial charge < -0.3 is 13.9 Å². The minimum absolute atomic E-state index is 0.0328. The molecule has 8 aromatic carbocycles. The van der Waals surface area contributed by atoms with E-state index in [1.54, 1.807) is 0 Å². The number of aryl methyl sites for hydroxylation is 1. The third kappa shape index (κ3) is 6.18. The van der Waals surface area contributed by atoms with Crippen LogP contribution in [0.25, 0.3) is 71.9 Å². The van der Waals surface area contributed by atoms with E-state index in [1.807, 2.05) is 0 Å². The maximum atomic E-state index is 2.79. The van der Waals surface area contributed by atoms with Crippen LogP contribution in [0.2, 0.25) is 0 Å². The molecule has 0 spiro atoms. The topological polar surface area (TPSA) is 13.1 Å². The summed E-state index contributed by atoms with van der Waals surface area (Å²) in [5.41, 5.74) is 23.9. The molecule has 0 aliphatic carbocycles. The van der Waals surface area contributed by atoms with Gasteiger partial charge in [0.15, 0.2) is 0 Å². The van der Waals surface area contributed by atoms with Crippen LogP contribution in [0.15, 0.2) is 170 Å². The molecule has 0 fully saturated rings. The summed E-state index contributed by atoms with van der Waals surface area (Å²) in [4.78, 5) is 2.60. The molecule has 0 saturated heterocycles. The van der Waals surface area contributed by atoms with Gasteiger partial charge in [0, 0.05) is 61.2 Å². The van der Waals surface area contributed by atoms with E-state index in [1.165, 1.54) is 116 Å². The average molecular weight is 868 g/mol. The van der Waals surface area contributed by atoms with Gasteiger partial charge in [-0.25, -0.2) is 0 Å². The molecule has 328 valence electrons. The summed E-state index contributed by atoms with van der Waals surface area (Å²) in [6, 6.07) is 64.8. The van der Waals surface area contributed by atoms with Crippen molar-refractivity contribution in [2.45, 2.75) is 85.5 Å². The van der Waals surface area contributed by atoms with E-state index in [9.17, 15) is 0 Å². The Morgan fingerprint density at radius 1 is 0.433 bits per heavy atom. The first-order valence-corrected chi connectivity index (χ1v) is 24.1. The summed E-state index contributed by atoms with van der Waals surface area (Å²) < 4.78 is 5.35. The summed E-state index contributed by atoms with van der Waals surface area (Å²) in [5, 5.41) is 3.81. The zero-order chi connectivity index (χ0) is 46.3. The van der Waals surface area contributed by atoms with Crippen LogP contribution in [0.5, 0.6) is 0 Å². The van der Waals surface area contributed by atoms with Gasteiger partial charge in [-0.05, 0) is 122 Å². The van der Waals surface area contributed by atoms with E-state index < -0.39 is 0 Å². The fourth-order valence-electron chi connectivity index (χ4n) is 11.4. The number of para-hydroxylation sites is 2. The summed E-state index contributed by atoms with van der Waals surface area (Å²) in [5.74, 6) is 0. The molecular formula is C63H58BN3. The molecule has 4 heterocycles. The number of nitrogens with zero attached hydrogens (tertiary/aromatic N) is 3. The third-order valence-electron chi connectivity index (χ3n) is 14.9. The molecule has 0 bridgehead atoms. The molecule has 2 aliphatic rings. The van der Waals surface area contributed by atoms with Crippen LogP contribution >= 0.6 is 0 Å². The van der Waals surface area contributed by atoms with E-state index in [0.717, 1.165) is 5.69 Å². The Morgan fingerprint density at radius 2 is 1.06 bits per heavy atom. The second kappa shape index (κ2) is 14.5. The Labute approximate surface area is 396 Å². The van der Waals surface area contributed by atoms with Crippen LogP contribution in [0.3, 0.4) is 0 Å². The normalized spacial score (nSPS) is 13.5. The lowest BCUT2D eigenvalue weighted by Crippen LogP contribution is -2.57. The minimum Gasteiger partial charge on any atom is -0.375 e. The molecule has 2 aliphatic heterocycles. The monoisotopic (exact) mass is 867 g/mol. The van der Waals surface area contributed by atoms with E-state index in [4.69, 9.17) is 0 Å². The molecule has 0 radical (unpaired) electrons. The van der Waals surface area contributed by atoms with Crippen molar-refractivity contribution in [1.82, 2.24) is 9.05 Å². The van der Waals surface area contributed by atoms with Crippen molar-refractivity contribution in [3.63, 3.8) is 0 Å². The fourth-order valence-corrected chi connectivity index (χ4v) is 11.4. The number of anilines is 3. The predicted molar refractivity (Wildman–Crippen MR) is 289 cm³/mol. The van der Waals surface area contributed by atoms with Gasteiger partial charge >= 0.3 is 6.85 Å². The van der Waals surface area contributed by atoms with E-state index in [0.29, 0.717) is 0 Å². The zero-order valence-corrected chi connectivity index (χ0v) is 40.6. The standard InChI is InChI=1S/C63H58BN3/c1-39-21-17-18-26-46(39)55-50-38-48-47-27-19-20-28-52(47)66(44-24-15-12-16-25-44)59(48)56-49-35-43(63(8,9)10)37-54-57(49)64(67(60(50)56)58(55)40-22-13-11-14-23-40)51-36-42(62(5,6)7)31-34-53(51)65(54)45-32-29-41(30-33-45)61(2,3)4/h11-38H,1-10H3. The quantitative estimate of drug-likeness (QED) is 0.161. The molecule has 0 amide bonds. The first-order chi connectivity index (χ1) is 32.1. The summed E-state index contributed by atoms with van der Waals surface area (Å²) in [7, 11) is 0. The molecule has 2 aromatic heterocycles. The highest BCUT2D eigenvalue weighted by Crippen LogP contribution is 2.54. The molecule has 3 nitrogen and oxygen atoms in total. The zero-order valence-electron chi connectivity index (χ0n) is 40.6. The summed E-state index contributed by atoms with van der Waals surface area (Å²) in [6.07, 6.45) is 0. The molecular weight excluding hydrogens is 810 g/mol. The van der Waals surface area contributed by atoms with Crippen molar-refractivity contribution in [1.29, 1.82) is 0 Å². The lowest BCUT2D eigenvalue weighted by atomic mass is 9.44. The third-order valence-corrected chi connectivity index (χ3v) is 14.9. The summed E-state index contributed by atoms with van der Waals surface area (Å²) in [6.45, 7) is 23.3. The second-order valence-electron chi connectivity index (χ2n) is 22.3. The minimum atomic E-state index is -0.140. The van der Waals surface area contributed by atoms with Gasteiger partial charge in [0.2, 0.25) is 0 Å². The fraction of sp³-hybridized carbons (Fsp3) is 0.206. The van der Waals surface area contributed by atoms with Crippen molar-refractivity contribution in [3.8, 4) is 39.2 Å². The molecule has 0 saturated carbocycles. The van der Waals surface area contributed by atoms with Crippen LogP contribution in [-0.4, -0.2) is 15.9 Å². The highest BCUT2D eigenvalue weighted by molar-refractivity contribution is 6.90. The predicted octanol–water partition coefficient (Wildman–Crippen LogP) is 15.7. The maximum absolute atomic E-state index is 2.79. The molecule has 4 heteroatoms. The SMILES string of the molecule is Cc1ccccc1-c1c(-c2ccccc2)n2c3c(c4c(cc13)c1ccccc1n4-c1ccccc1)-c1cc(C(C)(C)C)cc3c1B2c1cc(C(C)(C)C)ccc1N3c1ccc(C(C)(C)C)cc1. The van der Waals surface area contributed by atoms with Crippen LogP contribution < -0.4 is 15.8 Å². The van der Waals surface area contributed by atoms with Gasteiger partial charge in [-0.2, -0.15) is 0 Å². The van der Waals surface area contributed by atoms with Crippen LogP contribution in [0.1, 0.15) is 84.6 Å². The maximum Gasteiger partial charge on any atom is 0.333 e. The Balaban J connectivity index is 1.36. The van der Waals surface area contributed by atoms with Gasteiger partial charge in [0.1, 0.15) is 0 Å². The van der Waals surface area contributed by atoms with Crippen molar-refractivity contribution >= 4 is 67.5 Å². The molecule has 67 heavy (non-hydrogen) atoms. The first-order valence-electron chi connectivity index (χ1n) is 24.1. The summed E-state index contributed by atoms with van der Waals surface area (Å²) >= 11 is 0. The van der Waals surface area contributed by atoms with Crippen molar-refractivity contribution in [3.05, 3.63) is 192 Å². The highest BCUT2D eigenvalue weighted by Gasteiger charge is 2.46. The number of hydrogen-bond acceptors (Lipinski definition) is 1. The van der Waals surface area contributed by atoms with Gasteiger partial charge in [0.05, 0.1) is 11.0 Å². The molecule has 0 atom stereocenters. The van der Waals surface area contributed by atoms with Crippen LogP contribution in [-0.2, 0) is 16.2 Å². The van der Waals surface area contributed by atoms with Gasteiger partial charge in [-0.15, -0.1) is 0 Å². The molecule has 10 aromatic rings. The van der Waals surface area contributed by atoms with Gasteiger partial charge in [0.25, 0.3) is 0 Å². The van der Waals surface area contributed by atoms with Gasteiger partial charge in [-0.3, -0.25) is 0 Å². The smallest absolute Gasteiger partial charge is 0.333 e. The molecule has 0 N–H and O–H groups in total. The van der Waals surface area contributed by atoms with E-state index in [2.05, 4.69) is 253 Å². The molecule has 12 rings (SSSR count). The number of benzene rings is 8. The lowest BCUT2D eigenvalue weighted by molar-refractivity contribution is 0.590. The second-order valence-corrected chi connectivity index (χ2v) is 22.3. The molecule has 0 unspecified atom stereocenters. The van der Waals surface area contributed by atoms with Gasteiger partial charge in [-0.1, -0.05) is 184 Å². The number of fused-ring (bicyclic) bond motifs is 8. The Hall–Kier alpha value is -7.04. The van der Waals surface area contributed by atoms with E-state index in [-0.39, 0.29) is 23.1 Å². The number of aromatic nitrogens is 2. The van der Waals surface area contributed by atoms with Crippen molar-refractivity contribution in [2.24, 2.45) is 0 Å². The Kier molecular flexibility index (Phi) is 8.95. The van der Waals surface area contributed by atoms with Crippen molar-refractivity contribution in [2.75, 3.05) is 4.90 Å². The lowest BCUT2D eigenvalue weighted by Gasteiger charge is -2.42. The Morgan fingerprint density at radius 3 is 1.75 bits per heavy atom. The Bertz CT molecular complexity index is 3620. The number of rotatable bonds is 4. The highest BCUT2D eigenvalue weighted by atomic mass is 15.2. The average Bonchev–Trinajstić information content (AvgIpc) is 3.83. The van der Waals surface area contributed by atoms with Crippen molar-refractivity contribution < 1.29 is 0 Å². The van der Waals surface area contributed by atoms with Crippen LogP contribution in [0.4, 0.5) is 17.1 Å². The first kappa shape index (κ1) is 41.4. The van der Waals surface area contributed by atoms with E-state index >= 15 is 0 Å². The number of hydrogen-bond donors (Lipinski definition) is 0. The van der Waals surface area contributed by atoms with Crippen LogP contribution in [0, 0.1) is 6.92 Å².